The Morgan fingerprint density at radius 2 is 1.67 bits per heavy atom. The summed E-state index contributed by atoms with van der Waals surface area (Å²) in [5, 5.41) is 0. The lowest BCUT2D eigenvalue weighted by Crippen LogP contribution is -2.13. The molecular weight excluding hydrogens is 565 g/mol. The van der Waals surface area contributed by atoms with Crippen molar-refractivity contribution in [3.63, 3.8) is 0 Å². The van der Waals surface area contributed by atoms with Crippen molar-refractivity contribution < 1.29 is 19.0 Å². The van der Waals surface area contributed by atoms with Crippen LogP contribution >= 0.6 is 22.6 Å². The highest BCUT2D eigenvalue weighted by Crippen LogP contribution is 2.27. The van der Waals surface area contributed by atoms with E-state index in [4.69, 9.17) is 14.5 Å². The molecule has 0 atom stereocenters. The molecule has 3 aromatic carbocycles. The summed E-state index contributed by atoms with van der Waals surface area (Å²) in [5.41, 5.74) is 6.05. The molecule has 0 unspecified atom stereocenters. The molecule has 0 amide bonds. The number of benzene rings is 3. The molecule has 0 spiro atoms. The summed E-state index contributed by atoms with van der Waals surface area (Å²) in [6.07, 6.45) is 3.97. The average molecular weight is 591 g/mol. The van der Waals surface area contributed by atoms with E-state index >= 15 is 0 Å². The SMILES string of the molecule is COC(=O)COc1ccc(OCC=C(c2ccc(I)cc2)c2ccc(-c3ccccc3)nc2)cc1C. The molecule has 0 aliphatic heterocycles. The van der Waals surface area contributed by atoms with E-state index in [0.717, 1.165) is 33.5 Å². The van der Waals surface area contributed by atoms with Gasteiger partial charge in [-0.1, -0.05) is 48.5 Å². The van der Waals surface area contributed by atoms with Crippen LogP contribution < -0.4 is 9.47 Å². The van der Waals surface area contributed by atoms with Crippen molar-refractivity contribution in [1.29, 1.82) is 0 Å². The highest BCUT2D eigenvalue weighted by Gasteiger charge is 2.09. The summed E-state index contributed by atoms with van der Waals surface area (Å²) >= 11 is 2.31. The van der Waals surface area contributed by atoms with Gasteiger partial charge >= 0.3 is 5.97 Å². The van der Waals surface area contributed by atoms with Crippen LogP contribution in [0.3, 0.4) is 0 Å². The van der Waals surface area contributed by atoms with E-state index < -0.39 is 5.97 Å². The molecule has 0 radical (unpaired) electrons. The number of carbonyl (C=O) groups excluding carboxylic acids is 1. The molecule has 1 heterocycles. The van der Waals surface area contributed by atoms with Gasteiger partial charge < -0.3 is 14.2 Å². The number of halogens is 1. The second-order valence-electron chi connectivity index (χ2n) is 8.03. The van der Waals surface area contributed by atoms with Crippen LogP contribution in [0.5, 0.6) is 11.5 Å². The van der Waals surface area contributed by atoms with Gasteiger partial charge in [0.2, 0.25) is 0 Å². The molecule has 4 aromatic rings. The second kappa shape index (κ2) is 12.4. The van der Waals surface area contributed by atoms with Gasteiger partial charge in [-0.05, 0) is 88.7 Å². The van der Waals surface area contributed by atoms with Crippen molar-refractivity contribution in [3.8, 4) is 22.8 Å². The van der Waals surface area contributed by atoms with Crippen molar-refractivity contribution in [2.45, 2.75) is 6.92 Å². The number of hydrogen-bond donors (Lipinski definition) is 0. The molecule has 4 rings (SSSR count). The van der Waals surface area contributed by atoms with Gasteiger partial charge in [0.25, 0.3) is 0 Å². The average Bonchev–Trinajstić information content (AvgIpc) is 2.92. The Morgan fingerprint density at radius 1 is 0.917 bits per heavy atom. The Hall–Kier alpha value is -3.65. The summed E-state index contributed by atoms with van der Waals surface area (Å²) in [7, 11) is 1.33. The Labute approximate surface area is 224 Å². The number of nitrogens with zero attached hydrogens (tertiary/aromatic N) is 1. The third-order valence-corrected chi connectivity index (χ3v) is 6.28. The summed E-state index contributed by atoms with van der Waals surface area (Å²) in [6, 6.07) is 28.2. The van der Waals surface area contributed by atoms with Gasteiger partial charge in [-0.15, -0.1) is 0 Å². The molecule has 1 aromatic heterocycles. The Bertz CT molecular complexity index is 1330. The molecule has 182 valence electrons. The summed E-state index contributed by atoms with van der Waals surface area (Å²) in [5.74, 6) is 0.912. The highest BCUT2D eigenvalue weighted by molar-refractivity contribution is 14.1. The lowest BCUT2D eigenvalue weighted by Gasteiger charge is -2.12. The molecule has 0 saturated carbocycles. The minimum Gasteiger partial charge on any atom is -0.489 e. The molecule has 0 fully saturated rings. The second-order valence-corrected chi connectivity index (χ2v) is 9.27. The minimum atomic E-state index is -0.422. The number of ether oxygens (including phenoxy) is 3. The van der Waals surface area contributed by atoms with E-state index in [1.807, 2.05) is 49.5 Å². The van der Waals surface area contributed by atoms with Crippen LogP contribution in [0.25, 0.3) is 16.8 Å². The maximum Gasteiger partial charge on any atom is 0.343 e. The number of pyridine rings is 1. The molecule has 36 heavy (non-hydrogen) atoms. The number of rotatable bonds is 9. The lowest BCUT2D eigenvalue weighted by molar-refractivity contribution is -0.142. The van der Waals surface area contributed by atoms with Crippen LogP contribution in [-0.2, 0) is 9.53 Å². The fourth-order valence-electron chi connectivity index (χ4n) is 3.66. The van der Waals surface area contributed by atoms with Gasteiger partial charge in [0.1, 0.15) is 18.1 Å². The standard InChI is InChI=1S/C30H26INO4/c1-21-18-26(13-15-29(21)36-20-30(33)34-2)35-17-16-27(22-8-11-25(31)12-9-22)24-10-14-28(32-19-24)23-6-4-3-5-7-23/h3-16,18-19H,17,20H2,1-2H3. The number of aryl methyl sites for hydroxylation is 1. The van der Waals surface area contributed by atoms with Crippen molar-refractivity contribution >= 4 is 34.1 Å². The Morgan fingerprint density at radius 3 is 2.33 bits per heavy atom. The fourth-order valence-corrected chi connectivity index (χ4v) is 4.01. The van der Waals surface area contributed by atoms with Gasteiger partial charge in [-0.3, -0.25) is 4.98 Å². The molecule has 6 heteroatoms. The van der Waals surface area contributed by atoms with E-state index in [1.54, 1.807) is 6.07 Å². The normalized spacial score (nSPS) is 11.1. The van der Waals surface area contributed by atoms with E-state index in [2.05, 4.69) is 75.9 Å². The molecule has 5 nitrogen and oxygen atoms in total. The van der Waals surface area contributed by atoms with Gasteiger partial charge in [0.05, 0.1) is 12.8 Å². The maximum atomic E-state index is 11.3. The number of methoxy groups -OCH3 is 1. The maximum absolute atomic E-state index is 11.3. The van der Waals surface area contributed by atoms with Crippen molar-refractivity contribution in [2.75, 3.05) is 20.3 Å². The largest absolute Gasteiger partial charge is 0.489 e. The Balaban J connectivity index is 1.52. The van der Waals surface area contributed by atoms with Crippen LogP contribution in [-0.4, -0.2) is 31.3 Å². The van der Waals surface area contributed by atoms with Crippen LogP contribution in [0.15, 0.2) is 97.2 Å². The molecule has 0 N–H and O–H groups in total. The lowest BCUT2D eigenvalue weighted by atomic mass is 9.98. The number of carbonyl (C=O) groups is 1. The van der Waals surface area contributed by atoms with Crippen molar-refractivity contribution in [3.05, 3.63) is 117 Å². The van der Waals surface area contributed by atoms with E-state index in [0.29, 0.717) is 18.1 Å². The Kier molecular flexibility index (Phi) is 8.73. The number of esters is 1. The molecule has 0 saturated heterocycles. The van der Waals surface area contributed by atoms with E-state index in [9.17, 15) is 4.79 Å². The minimum absolute atomic E-state index is 0.128. The van der Waals surface area contributed by atoms with Crippen LogP contribution in [0.4, 0.5) is 0 Å². The summed E-state index contributed by atoms with van der Waals surface area (Å²) < 4.78 is 17.3. The first-order chi connectivity index (χ1) is 17.5. The first-order valence-corrected chi connectivity index (χ1v) is 12.5. The molecule has 0 aliphatic carbocycles. The van der Waals surface area contributed by atoms with Crippen LogP contribution in [0.1, 0.15) is 16.7 Å². The van der Waals surface area contributed by atoms with Gasteiger partial charge in [-0.2, -0.15) is 0 Å². The zero-order valence-electron chi connectivity index (χ0n) is 20.1. The summed E-state index contributed by atoms with van der Waals surface area (Å²) in [4.78, 5) is 16.0. The highest BCUT2D eigenvalue weighted by atomic mass is 127. The quantitative estimate of drug-likeness (QED) is 0.160. The van der Waals surface area contributed by atoms with E-state index in [1.165, 1.54) is 10.7 Å². The molecule has 0 bridgehead atoms. The topological polar surface area (TPSA) is 57.7 Å². The van der Waals surface area contributed by atoms with Crippen LogP contribution in [0, 0.1) is 10.5 Å². The molecule has 0 aliphatic rings. The number of aromatic nitrogens is 1. The number of hydrogen-bond acceptors (Lipinski definition) is 5. The summed E-state index contributed by atoms with van der Waals surface area (Å²) in [6.45, 7) is 2.16. The van der Waals surface area contributed by atoms with Gasteiger partial charge in [0, 0.05) is 20.9 Å². The van der Waals surface area contributed by atoms with Gasteiger partial charge in [0.15, 0.2) is 6.61 Å². The fraction of sp³-hybridized carbons (Fsp3) is 0.133. The predicted octanol–water partition coefficient (Wildman–Crippen LogP) is 6.72. The first-order valence-electron chi connectivity index (χ1n) is 11.4. The van der Waals surface area contributed by atoms with E-state index in [-0.39, 0.29) is 6.61 Å². The van der Waals surface area contributed by atoms with Gasteiger partial charge in [-0.25, -0.2) is 4.79 Å². The van der Waals surface area contributed by atoms with Crippen molar-refractivity contribution in [1.82, 2.24) is 4.98 Å². The zero-order chi connectivity index (χ0) is 25.3. The third-order valence-electron chi connectivity index (χ3n) is 5.56. The first kappa shape index (κ1) is 25.4. The predicted molar refractivity (Wildman–Crippen MR) is 150 cm³/mol. The smallest absolute Gasteiger partial charge is 0.343 e. The molecular formula is C30H26INO4. The monoisotopic (exact) mass is 591 g/mol. The van der Waals surface area contributed by atoms with Crippen molar-refractivity contribution in [2.24, 2.45) is 0 Å². The third kappa shape index (κ3) is 6.73. The van der Waals surface area contributed by atoms with Crippen LogP contribution in [0.2, 0.25) is 0 Å². The zero-order valence-corrected chi connectivity index (χ0v) is 22.3.